The van der Waals surface area contributed by atoms with Crippen LogP contribution in [0.3, 0.4) is 0 Å². The Morgan fingerprint density at radius 2 is 1.86 bits per heavy atom. The van der Waals surface area contributed by atoms with Gasteiger partial charge in [0.1, 0.15) is 24.5 Å². The number of hydrogen-bond acceptors (Lipinski definition) is 5. The quantitative estimate of drug-likeness (QED) is 0.643. The smallest absolute Gasteiger partial charge is 0.408 e. The van der Waals surface area contributed by atoms with Crippen LogP contribution >= 0.6 is 0 Å². The SMILES string of the molecule is CC(C)(C)OC(=O)N[C@@H](CC=O)C(=O)OCc1ccccc1. The predicted molar refractivity (Wildman–Crippen MR) is 80.1 cm³/mol. The summed E-state index contributed by atoms with van der Waals surface area (Å²) in [5, 5.41) is 2.34. The van der Waals surface area contributed by atoms with E-state index in [-0.39, 0.29) is 13.0 Å². The summed E-state index contributed by atoms with van der Waals surface area (Å²) in [6.07, 6.45) is -0.394. The molecule has 1 aromatic rings. The van der Waals surface area contributed by atoms with Gasteiger partial charge in [0, 0.05) is 6.42 Å². The molecule has 1 N–H and O–H groups in total. The van der Waals surface area contributed by atoms with Gasteiger partial charge in [-0.1, -0.05) is 30.3 Å². The Morgan fingerprint density at radius 1 is 1.23 bits per heavy atom. The monoisotopic (exact) mass is 307 g/mol. The number of ether oxygens (including phenoxy) is 2. The fourth-order valence-electron chi connectivity index (χ4n) is 1.59. The first kappa shape index (κ1) is 17.7. The van der Waals surface area contributed by atoms with Gasteiger partial charge >= 0.3 is 12.1 Å². The maximum atomic E-state index is 12.0. The minimum absolute atomic E-state index is 0.0744. The molecule has 0 aliphatic carbocycles. The Kier molecular flexibility index (Phi) is 6.56. The van der Waals surface area contributed by atoms with Crippen molar-refractivity contribution in [3.05, 3.63) is 35.9 Å². The van der Waals surface area contributed by atoms with Crippen molar-refractivity contribution in [3.63, 3.8) is 0 Å². The van der Waals surface area contributed by atoms with Crippen molar-refractivity contribution in [1.82, 2.24) is 5.32 Å². The average molecular weight is 307 g/mol. The molecule has 1 aromatic carbocycles. The van der Waals surface area contributed by atoms with Crippen LogP contribution in [0.4, 0.5) is 4.79 Å². The van der Waals surface area contributed by atoms with Gasteiger partial charge in [0.25, 0.3) is 0 Å². The predicted octanol–water partition coefficient (Wildman–Crippen LogP) is 2.21. The first-order valence-corrected chi connectivity index (χ1v) is 6.95. The Balaban J connectivity index is 2.56. The number of carbonyl (C=O) groups is 3. The summed E-state index contributed by atoms with van der Waals surface area (Å²) in [5.74, 6) is -0.679. The molecule has 0 saturated carbocycles. The molecule has 0 radical (unpaired) electrons. The highest BCUT2D eigenvalue weighted by Crippen LogP contribution is 2.08. The van der Waals surface area contributed by atoms with E-state index < -0.39 is 23.7 Å². The van der Waals surface area contributed by atoms with Crippen molar-refractivity contribution in [2.75, 3.05) is 0 Å². The number of esters is 1. The van der Waals surface area contributed by atoms with Crippen molar-refractivity contribution in [1.29, 1.82) is 0 Å². The van der Waals surface area contributed by atoms with Crippen molar-refractivity contribution in [3.8, 4) is 0 Å². The molecule has 22 heavy (non-hydrogen) atoms. The summed E-state index contributed by atoms with van der Waals surface area (Å²) >= 11 is 0. The standard InChI is InChI=1S/C16H21NO5/c1-16(2,3)22-15(20)17-13(9-10-18)14(19)21-11-12-7-5-4-6-8-12/h4-8,10,13H,9,11H2,1-3H3,(H,17,20)/t13-/m0/s1. The largest absolute Gasteiger partial charge is 0.459 e. The Morgan fingerprint density at radius 3 is 2.41 bits per heavy atom. The first-order valence-electron chi connectivity index (χ1n) is 6.95. The maximum absolute atomic E-state index is 12.0. The molecule has 0 heterocycles. The summed E-state index contributed by atoms with van der Waals surface area (Å²) in [7, 11) is 0. The normalized spacial score (nSPS) is 12.1. The van der Waals surface area contributed by atoms with Crippen LogP contribution in [0.2, 0.25) is 0 Å². The number of aldehydes is 1. The highest BCUT2D eigenvalue weighted by molar-refractivity contribution is 5.83. The van der Waals surface area contributed by atoms with Crippen molar-refractivity contribution < 1.29 is 23.9 Å². The number of nitrogens with one attached hydrogen (secondary N) is 1. The number of rotatable bonds is 6. The lowest BCUT2D eigenvalue weighted by atomic mass is 10.2. The second kappa shape index (κ2) is 8.17. The molecule has 0 unspecified atom stereocenters. The van der Waals surface area contributed by atoms with Crippen LogP contribution in [0.25, 0.3) is 0 Å². The fourth-order valence-corrected chi connectivity index (χ4v) is 1.59. The summed E-state index contributed by atoms with van der Waals surface area (Å²) in [4.78, 5) is 34.3. The Hall–Kier alpha value is -2.37. The van der Waals surface area contributed by atoms with Gasteiger partial charge in [0.2, 0.25) is 0 Å². The van der Waals surface area contributed by atoms with E-state index in [1.165, 1.54) is 0 Å². The third-order valence-corrected chi connectivity index (χ3v) is 2.53. The number of benzene rings is 1. The summed E-state index contributed by atoms with van der Waals surface area (Å²) in [6, 6.07) is 8.06. The molecule has 6 heteroatoms. The molecule has 6 nitrogen and oxygen atoms in total. The molecule has 0 aromatic heterocycles. The summed E-state index contributed by atoms with van der Waals surface area (Å²) < 4.78 is 10.2. The molecular formula is C16H21NO5. The average Bonchev–Trinajstić information content (AvgIpc) is 2.43. The van der Waals surface area contributed by atoms with Crippen molar-refractivity contribution in [2.45, 2.75) is 45.4 Å². The van der Waals surface area contributed by atoms with Crippen LogP contribution in [-0.2, 0) is 25.7 Å². The molecule has 0 aliphatic heterocycles. The van der Waals surface area contributed by atoms with Crippen LogP contribution in [0.15, 0.2) is 30.3 Å². The highest BCUT2D eigenvalue weighted by Gasteiger charge is 2.25. The highest BCUT2D eigenvalue weighted by atomic mass is 16.6. The molecule has 1 atom stereocenters. The fraction of sp³-hybridized carbons (Fsp3) is 0.438. The van der Waals surface area contributed by atoms with Gasteiger partial charge in [-0.15, -0.1) is 0 Å². The number of alkyl carbamates (subject to hydrolysis) is 1. The number of hydrogen-bond donors (Lipinski definition) is 1. The first-order chi connectivity index (χ1) is 10.3. The zero-order chi connectivity index (χ0) is 16.6. The van der Waals surface area contributed by atoms with E-state index in [1.807, 2.05) is 30.3 Å². The van der Waals surface area contributed by atoms with E-state index in [0.717, 1.165) is 5.56 Å². The second-order valence-corrected chi connectivity index (χ2v) is 5.69. The molecule has 0 saturated heterocycles. The molecule has 120 valence electrons. The topological polar surface area (TPSA) is 81.7 Å². The van der Waals surface area contributed by atoms with Crippen LogP contribution in [0.1, 0.15) is 32.8 Å². The minimum Gasteiger partial charge on any atom is -0.459 e. The molecule has 0 aliphatic rings. The molecule has 1 rings (SSSR count). The van der Waals surface area contributed by atoms with Gasteiger partial charge in [-0.05, 0) is 26.3 Å². The van der Waals surface area contributed by atoms with Crippen LogP contribution in [0, 0.1) is 0 Å². The molecular weight excluding hydrogens is 286 g/mol. The summed E-state index contributed by atoms with van der Waals surface area (Å²) in [6.45, 7) is 5.18. The van der Waals surface area contributed by atoms with E-state index in [4.69, 9.17) is 9.47 Å². The van der Waals surface area contributed by atoms with Crippen LogP contribution in [-0.4, -0.2) is 30.0 Å². The Bertz CT molecular complexity index is 507. The lowest BCUT2D eigenvalue weighted by molar-refractivity contribution is -0.148. The van der Waals surface area contributed by atoms with Crippen LogP contribution < -0.4 is 5.32 Å². The zero-order valence-corrected chi connectivity index (χ0v) is 13.0. The van der Waals surface area contributed by atoms with E-state index in [9.17, 15) is 14.4 Å². The van der Waals surface area contributed by atoms with E-state index in [0.29, 0.717) is 6.29 Å². The Labute approximate surface area is 129 Å². The molecule has 0 fully saturated rings. The van der Waals surface area contributed by atoms with Crippen LogP contribution in [0.5, 0.6) is 0 Å². The lowest BCUT2D eigenvalue weighted by Crippen LogP contribution is -2.44. The van der Waals surface area contributed by atoms with Gasteiger partial charge < -0.3 is 19.6 Å². The lowest BCUT2D eigenvalue weighted by Gasteiger charge is -2.22. The minimum atomic E-state index is -1.06. The van der Waals surface area contributed by atoms with Crippen molar-refractivity contribution in [2.24, 2.45) is 0 Å². The van der Waals surface area contributed by atoms with Gasteiger partial charge in [0.05, 0.1) is 0 Å². The number of carbonyl (C=O) groups excluding carboxylic acids is 3. The molecule has 0 bridgehead atoms. The van der Waals surface area contributed by atoms with Gasteiger partial charge in [0.15, 0.2) is 0 Å². The van der Waals surface area contributed by atoms with E-state index in [2.05, 4.69) is 5.32 Å². The van der Waals surface area contributed by atoms with E-state index in [1.54, 1.807) is 20.8 Å². The maximum Gasteiger partial charge on any atom is 0.408 e. The van der Waals surface area contributed by atoms with Gasteiger partial charge in [-0.25, -0.2) is 9.59 Å². The van der Waals surface area contributed by atoms with E-state index >= 15 is 0 Å². The van der Waals surface area contributed by atoms with Crippen molar-refractivity contribution >= 4 is 18.3 Å². The van der Waals surface area contributed by atoms with Gasteiger partial charge in [-0.3, -0.25) is 0 Å². The number of amides is 1. The molecule has 0 spiro atoms. The molecule has 1 amide bonds. The third kappa shape index (κ3) is 6.88. The summed E-state index contributed by atoms with van der Waals surface area (Å²) in [5.41, 5.74) is 0.127. The third-order valence-electron chi connectivity index (χ3n) is 2.53. The van der Waals surface area contributed by atoms with Gasteiger partial charge in [-0.2, -0.15) is 0 Å². The second-order valence-electron chi connectivity index (χ2n) is 5.69. The zero-order valence-electron chi connectivity index (χ0n) is 13.0.